The largest absolute Gasteiger partial charge is 0.314 e. The van der Waals surface area contributed by atoms with Crippen LogP contribution in [0.15, 0.2) is 0 Å². The van der Waals surface area contributed by atoms with Gasteiger partial charge >= 0.3 is 0 Å². The maximum Gasteiger partial charge on any atom is 0.00967 e. The van der Waals surface area contributed by atoms with Crippen LogP contribution in [0.3, 0.4) is 0 Å². The van der Waals surface area contributed by atoms with E-state index >= 15 is 0 Å². The average molecular weight is 250 g/mol. The van der Waals surface area contributed by atoms with Crippen LogP contribution in [-0.2, 0) is 0 Å². The average Bonchev–Trinajstić information content (AvgIpc) is 2.87. The Morgan fingerprint density at radius 3 is 2.39 bits per heavy atom. The molecule has 2 aliphatic heterocycles. The minimum absolute atomic E-state index is 0.841. The molecule has 0 aromatic rings. The van der Waals surface area contributed by atoms with E-state index in [1.165, 1.54) is 71.0 Å². The van der Waals surface area contributed by atoms with Gasteiger partial charge in [-0.05, 0) is 70.5 Å². The Bertz CT molecular complexity index is 248. The highest BCUT2D eigenvalue weighted by atomic mass is 15.2. The highest BCUT2D eigenvalue weighted by Crippen LogP contribution is 2.33. The standard InChI is InChI=1S/C16H30N2/c1-13(12-14-4-2-5-14)18-10-7-15(8-11-18)16-6-3-9-17-16/h13-17H,2-12H2,1H3. The summed E-state index contributed by atoms with van der Waals surface area (Å²) in [7, 11) is 0. The molecule has 2 unspecified atom stereocenters. The number of rotatable bonds is 4. The molecule has 0 amide bonds. The molecule has 0 spiro atoms. The third-order valence-electron chi connectivity index (χ3n) is 5.76. The van der Waals surface area contributed by atoms with Gasteiger partial charge < -0.3 is 10.2 Å². The van der Waals surface area contributed by atoms with E-state index in [4.69, 9.17) is 0 Å². The van der Waals surface area contributed by atoms with Crippen LogP contribution in [0, 0.1) is 11.8 Å². The summed E-state index contributed by atoms with van der Waals surface area (Å²) in [6, 6.07) is 1.70. The summed E-state index contributed by atoms with van der Waals surface area (Å²) in [6.07, 6.45) is 11.7. The highest BCUT2D eigenvalue weighted by Gasteiger charge is 2.30. The molecule has 104 valence electrons. The van der Waals surface area contributed by atoms with Crippen LogP contribution in [0.4, 0.5) is 0 Å². The first-order chi connectivity index (χ1) is 8.83. The molecule has 1 saturated carbocycles. The van der Waals surface area contributed by atoms with Gasteiger partial charge in [-0.25, -0.2) is 0 Å². The summed E-state index contributed by atoms with van der Waals surface area (Å²) in [6.45, 7) is 6.45. The zero-order valence-electron chi connectivity index (χ0n) is 12.0. The van der Waals surface area contributed by atoms with Crippen LogP contribution in [0.2, 0.25) is 0 Å². The summed E-state index contributed by atoms with van der Waals surface area (Å²) < 4.78 is 0. The van der Waals surface area contributed by atoms with Crippen molar-refractivity contribution >= 4 is 0 Å². The van der Waals surface area contributed by atoms with E-state index in [1.807, 2.05) is 0 Å². The van der Waals surface area contributed by atoms with Gasteiger partial charge in [0.15, 0.2) is 0 Å². The second kappa shape index (κ2) is 5.92. The summed E-state index contributed by atoms with van der Waals surface area (Å²) in [5.41, 5.74) is 0. The smallest absolute Gasteiger partial charge is 0.00967 e. The molecule has 18 heavy (non-hydrogen) atoms. The van der Waals surface area contributed by atoms with Gasteiger partial charge in [0.05, 0.1) is 0 Å². The van der Waals surface area contributed by atoms with Gasteiger partial charge in [-0.15, -0.1) is 0 Å². The highest BCUT2D eigenvalue weighted by molar-refractivity contribution is 4.87. The Labute approximate surface area is 113 Å². The maximum absolute atomic E-state index is 3.70. The topological polar surface area (TPSA) is 15.3 Å². The third kappa shape index (κ3) is 2.91. The quantitative estimate of drug-likeness (QED) is 0.825. The first-order valence-electron chi connectivity index (χ1n) is 8.30. The molecular formula is C16H30N2. The van der Waals surface area contributed by atoms with Crippen molar-refractivity contribution in [1.29, 1.82) is 0 Å². The van der Waals surface area contributed by atoms with Crippen molar-refractivity contribution in [2.75, 3.05) is 19.6 Å². The number of piperidine rings is 1. The summed E-state index contributed by atoms with van der Waals surface area (Å²) >= 11 is 0. The van der Waals surface area contributed by atoms with E-state index in [-0.39, 0.29) is 0 Å². The third-order valence-corrected chi connectivity index (χ3v) is 5.76. The molecule has 0 aromatic carbocycles. The van der Waals surface area contributed by atoms with Gasteiger partial charge in [0.25, 0.3) is 0 Å². The minimum Gasteiger partial charge on any atom is -0.314 e. The molecule has 2 saturated heterocycles. The normalized spacial score (nSPS) is 33.5. The predicted octanol–water partition coefficient (Wildman–Crippen LogP) is 3.03. The predicted molar refractivity (Wildman–Crippen MR) is 76.7 cm³/mol. The molecule has 0 radical (unpaired) electrons. The SMILES string of the molecule is CC(CC1CCC1)N1CCC(C2CCCN2)CC1. The first-order valence-corrected chi connectivity index (χ1v) is 8.30. The summed E-state index contributed by atoms with van der Waals surface area (Å²) in [5, 5.41) is 3.70. The Morgan fingerprint density at radius 1 is 1.06 bits per heavy atom. The van der Waals surface area contributed by atoms with E-state index in [2.05, 4.69) is 17.1 Å². The number of nitrogens with one attached hydrogen (secondary N) is 1. The Kier molecular flexibility index (Phi) is 4.25. The van der Waals surface area contributed by atoms with Crippen LogP contribution in [-0.4, -0.2) is 36.6 Å². The molecular weight excluding hydrogens is 220 g/mol. The van der Waals surface area contributed by atoms with E-state index in [1.54, 1.807) is 0 Å². The Morgan fingerprint density at radius 2 is 1.83 bits per heavy atom. The first kappa shape index (κ1) is 12.9. The fraction of sp³-hybridized carbons (Fsp3) is 1.00. The zero-order chi connectivity index (χ0) is 12.4. The summed E-state index contributed by atoms with van der Waals surface area (Å²) in [5.74, 6) is 2.04. The van der Waals surface area contributed by atoms with Crippen molar-refractivity contribution < 1.29 is 0 Å². The molecule has 3 fully saturated rings. The Hall–Kier alpha value is -0.0800. The lowest BCUT2D eigenvalue weighted by molar-refractivity contribution is 0.101. The van der Waals surface area contributed by atoms with Crippen molar-refractivity contribution in [1.82, 2.24) is 10.2 Å². The van der Waals surface area contributed by atoms with Crippen LogP contribution >= 0.6 is 0 Å². The van der Waals surface area contributed by atoms with E-state index in [0.717, 1.165) is 23.9 Å². The van der Waals surface area contributed by atoms with Gasteiger partial charge in [0, 0.05) is 12.1 Å². The maximum atomic E-state index is 3.70. The van der Waals surface area contributed by atoms with Crippen molar-refractivity contribution in [3.63, 3.8) is 0 Å². The molecule has 0 aromatic heterocycles. The van der Waals surface area contributed by atoms with Gasteiger partial charge in [-0.1, -0.05) is 19.3 Å². The number of nitrogens with zero attached hydrogens (tertiary/aromatic N) is 1. The van der Waals surface area contributed by atoms with Crippen LogP contribution in [0.5, 0.6) is 0 Å². The molecule has 1 aliphatic carbocycles. The number of hydrogen-bond donors (Lipinski definition) is 1. The monoisotopic (exact) mass is 250 g/mol. The molecule has 1 N–H and O–H groups in total. The molecule has 2 nitrogen and oxygen atoms in total. The fourth-order valence-electron chi connectivity index (χ4n) is 4.24. The van der Waals surface area contributed by atoms with Gasteiger partial charge in [-0.3, -0.25) is 0 Å². The van der Waals surface area contributed by atoms with Crippen molar-refractivity contribution in [3.05, 3.63) is 0 Å². The molecule has 3 aliphatic rings. The molecule has 3 rings (SSSR count). The lowest BCUT2D eigenvalue weighted by Gasteiger charge is -2.40. The second-order valence-electron chi connectivity index (χ2n) is 6.96. The van der Waals surface area contributed by atoms with Crippen LogP contribution < -0.4 is 5.32 Å². The van der Waals surface area contributed by atoms with Crippen LogP contribution in [0.1, 0.15) is 58.3 Å². The van der Waals surface area contributed by atoms with Gasteiger partial charge in [-0.2, -0.15) is 0 Å². The van der Waals surface area contributed by atoms with Crippen LogP contribution in [0.25, 0.3) is 0 Å². The molecule has 0 bridgehead atoms. The van der Waals surface area contributed by atoms with E-state index < -0.39 is 0 Å². The minimum atomic E-state index is 0.841. The number of hydrogen-bond acceptors (Lipinski definition) is 2. The van der Waals surface area contributed by atoms with E-state index in [9.17, 15) is 0 Å². The Balaban J connectivity index is 1.41. The lowest BCUT2D eigenvalue weighted by Crippen LogP contribution is -2.45. The number of likely N-dealkylation sites (tertiary alicyclic amines) is 1. The van der Waals surface area contributed by atoms with Gasteiger partial charge in [0.1, 0.15) is 0 Å². The lowest BCUT2D eigenvalue weighted by atomic mass is 9.80. The van der Waals surface area contributed by atoms with Crippen molar-refractivity contribution in [3.8, 4) is 0 Å². The molecule has 2 atom stereocenters. The van der Waals surface area contributed by atoms with Crippen molar-refractivity contribution in [2.24, 2.45) is 11.8 Å². The van der Waals surface area contributed by atoms with Crippen molar-refractivity contribution in [2.45, 2.75) is 70.4 Å². The fourth-order valence-corrected chi connectivity index (χ4v) is 4.24. The zero-order valence-corrected chi connectivity index (χ0v) is 12.0. The second-order valence-corrected chi connectivity index (χ2v) is 6.96. The molecule has 2 heteroatoms. The van der Waals surface area contributed by atoms with Gasteiger partial charge in [0.2, 0.25) is 0 Å². The summed E-state index contributed by atoms with van der Waals surface area (Å²) in [4.78, 5) is 2.77. The van der Waals surface area contributed by atoms with E-state index in [0.29, 0.717) is 0 Å². The molecule has 2 heterocycles.